The summed E-state index contributed by atoms with van der Waals surface area (Å²) >= 11 is 0. The molecule has 0 aliphatic carbocycles. The standard InChI is InChI=1S/C29H23O2S/c1-3-29(2,24-15-7-4-8-16-24)31-28(30)23-14-13-21-27(22-23)32(25-17-9-5-10-18-25)26-19-11-6-12-20-26/h1,4-22H,2H3/q+1. The first kappa shape index (κ1) is 21.5. The molecule has 2 nitrogen and oxygen atoms in total. The van der Waals surface area contributed by atoms with Gasteiger partial charge in [-0.25, -0.2) is 4.79 Å². The van der Waals surface area contributed by atoms with Crippen LogP contribution in [-0.2, 0) is 21.2 Å². The average molecular weight is 436 g/mol. The van der Waals surface area contributed by atoms with Gasteiger partial charge in [0.2, 0.25) is 0 Å². The van der Waals surface area contributed by atoms with E-state index in [4.69, 9.17) is 11.2 Å². The van der Waals surface area contributed by atoms with Gasteiger partial charge < -0.3 is 4.74 Å². The third-order valence-corrected chi connectivity index (χ3v) is 7.37. The Hall–Kier alpha value is -3.74. The molecule has 4 rings (SSSR count). The van der Waals surface area contributed by atoms with Crippen LogP contribution in [0.4, 0.5) is 0 Å². The van der Waals surface area contributed by atoms with Gasteiger partial charge in [0, 0.05) is 11.6 Å². The summed E-state index contributed by atoms with van der Waals surface area (Å²) in [6, 6.07) is 37.7. The fraction of sp³-hybridized carbons (Fsp3) is 0.0690. The van der Waals surface area contributed by atoms with Crippen LogP contribution < -0.4 is 0 Å². The van der Waals surface area contributed by atoms with E-state index in [-0.39, 0.29) is 10.9 Å². The number of hydrogen-bond donors (Lipinski definition) is 0. The smallest absolute Gasteiger partial charge is 0.340 e. The molecule has 4 aromatic rings. The first-order chi connectivity index (χ1) is 15.6. The molecule has 4 aromatic carbocycles. The number of esters is 1. The van der Waals surface area contributed by atoms with Crippen LogP contribution in [0.3, 0.4) is 0 Å². The summed E-state index contributed by atoms with van der Waals surface area (Å²) in [5, 5.41) is 0. The molecule has 32 heavy (non-hydrogen) atoms. The van der Waals surface area contributed by atoms with E-state index in [2.05, 4.69) is 36.3 Å². The summed E-state index contributed by atoms with van der Waals surface area (Å²) in [6.45, 7) is 1.74. The first-order valence-electron chi connectivity index (χ1n) is 10.3. The molecule has 0 radical (unpaired) electrons. The molecule has 0 saturated heterocycles. The van der Waals surface area contributed by atoms with Crippen LogP contribution in [0.25, 0.3) is 0 Å². The van der Waals surface area contributed by atoms with Gasteiger partial charge in [0.05, 0.1) is 16.5 Å². The molecule has 0 heterocycles. The molecule has 0 amide bonds. The van der Waals surface area contributed by atoms with Crippen molar-refractivity contribution in [3.05, 3.63) is 126 Å². The fourth-order valence-electron chi connectivity index (χ4n) is 3.44. The highest BCUT2D eigenvalue weighted by atomic mass is 32.2. The van der Waals surface area contributed by atoms with Crippen LogP contribution in [0.1, 0.15) is 22.8 Å². The van der Waals surface area contributed by atoms with E-state index in [1.54, 1.807) is 13.0 Å². The van der Waals surface area contributed by atoms with Crippen LogP contribution in [-0.4, -0.2) is 5.97 Å². The maximum absolute atomic E-state index is 13.1. The molecule has 0 aromatic heterocycles. The maximum atomic E-state index is 13.1. The highest BCUT2D eigenvalue weighted by Crippen LogP contribution is 2.32. The molecule has 1 atom stereocenters. The molecule has 0 fully saturated rings. The van der Waals surface area contributed by atoms with Crippen molar-refractivity contribution in [2.75, 3.05) is 0 Å². The summed E-state index contributed by atoms with van der Waals surface area (Å²) in [5.41, 5.74) is 0.0964. The number of carbonyl (C=O) groups is 1. The maximum Gasteiger partial charge on any atom is 0.340 e. The van der Waals surface area contributed by atoms with Gasteiger partial charge in [-0.05, 0) is 43.3 Å². The zero-order valence-corrected chi connectivity index (χ0v) is 18.6. The minimum absolute atomic E-state index is 0.350. The second-order valence-electron chi connectivity index (χ2n) is 7.39. The summed E-state index contributed by atoms with van der Waals surface area (Å²) < 4.78 is 5.83. The SMILES string of the molecule is C#CC(C)(OC(=O)c1cccc([S+](c2ccccc2)c2ccccc2)c1)c1ccccc1. The zero-order valence-electron chi connectivity index (χ0n) is 17.8. The van der Waals surface area contributed by atoms with E-state index in [1.807, 2.05) is 78.9 Å². The topological polar surface area (TPSA) is 26.3 Å². The molecule has 0 spiro atoms. The summed E-state index contributed by atoms with van der Waals surface area (Å²) in [5.74, 6) is 2.20. The highest BCUT2D eigenvalue weighted by Gasteiger charge is 2.32. The Balaban J connectivity index is 1.69. The number of carbonyl (C=O) groups excluding carboxylic acids is 1. The van der Waals surface area contributed by atoms with Crippen LogP contribution in [0.15, 0.2) is 130 Å². The second kappa shape index (κ2) is 9.60. The molecule has 0 N–H and O–H groups in total. The monoisotopic (exact) mass is 435 g/mol. The lowest BCUT2D eigenvalue weighted by Gasteiger charge is -2.24. The Morgan fingerprint density at radius 1 is 0.750 bits per heavy atom. The predicted octanol–water partition coefficient (Wildman–Crippen LogP) is 6.49. The fourth-order valence-corrected chi connectivity index (χ4v) is 5.58. The van der Waals surface area contributed by atoms with Gasteiger partial charge in [0.1, 0.15) is 0 Å². The zero-order chi connectivity index (χ0) is 22.4. The van der Waals surface area contributed by atoms with Crippen molar-refractivity contribution < 1.29 is 9.53 Å². The largest absolute Gasteiger partial charge is 0.438 e. The minimum Gasteiger partial charge on any atom is -0.438 e. The van der Waals surface area contributed by atoms with Crippen LogP contribution in [0.2, 0.25) is 0 Å². The van der Waals surface area contributed by atoms with Gasteiger partial charge in [0.25, 0.3) is 0 Å². The van der Waals surface area contributed by atoms with Crippen molar-refractivity contribution in [2.45, 2.75) is 27.2 Å². The molecule has 0 aliphatic rings. The summed E-state index contributed by atoms with van der Waals surface area (Å²) in [6.07, 6.45) is 5.77. The Morgan fingerprint density at radius 3 is 1.78 bits per heavy atom. The molecule has 0 bridgehead atoms. The van der Waals surface area contributed by atoms with E-state index < -0.39 is 11.6 Å². The van der Waals surface area contributed by atoms with Crippen molar-refractivity contribution in [1.29, 1.82) is 0 Å². The lowest BCUT2D eigenvalue weighted by Crippen LogP contribution is -2.27. The molecule has 0 aliphatic heterocycles. The number of rotatable bonds is 6. The lowest BCUT2D eigenvalue weighted by atomic mass is 9.96. The average Bonchev–Trinajstić information content (AvgIpc) is 2.86. The van der Waals surface area contributed by atoms with Crippen LogP contribution in [0.5, 0.6) is 0 Å². The van der Waals surface area contributed by atoms with Gasteiger partial charge in [-0.15, -0.1) is 6.42 Å². The van der Waals surface area contributed by atoms with Crippen molar-refractivity contribution in [3.63, 3.8) is 0 Å². The van der Waals surface area contributed by atoms with E-state index in [0.717, 1.165) is 10.5 Å². The van der Waals surface area contributed by atoms with Crippen molar-refractivity contribution >= 4 is 16.9 Å². The summed E-state index contributed by atoms with van der Waals surface area (Å²) in [7, 11) is -0.350. The molecule has 1 unspecified atom stereocenters. The Labute approximate surface area is 192 Å². The van der Waals surface area contributed by atoms with Crippen LogP contribution >= 0.6 is 0 Å². The molecule has 0 saturated carbocycles. The Morgan fingerprint density at radius 2 is 1.25 bits per heavy atom. The molecular weight excluding hydrogens is 412 g/mol. The van der Waals surface area contributed by atoms with Crippen molar-refractivity contribution in [2.24, 2.45) is 0 Å². The lowest BCUT2D eigenvalue weighted by molar-refractivity contribution is 0.0129. The third-order valence-electron chi connectivity index (χ3n) is 5.16. The molecule has 3 heteroatoms. The number of ether oxygens (including phenoxy) is 1. The predicted molar refractivity (Wildman–Crippen MR) is 130 cm³/mol. The molecule has 156 valence electrons. The number of hydrogen-bond acceptors (Lipinski definition) is 2. The Bertz CT molecular complexity index is 1190. The minimum atomic E-state index is -1.14. The van der Waals surface area contributed by atoms with E-state index in [0.29, 0.717) is 5.56 Å². The summed E-state index contributed by atoms with van der Waals surface area (Å²) in [4.78, 5) is 16.5. The first-order valence-corrected chi connectivity index (χ1v) is 11.5. The quantitative estimate of drug-likeness (QED) is 0.197. The number of terminal acetylenes is 1. The van der Waals surface area contributed by atoms with E-state index >= 15 is 0 Å². The van der Waals surface area contributed by atoms with Gasteiger partial charge in [-0.1, -0.05) is 78.7 Å². The van der Waals surface area contributed by atoms with Crippen molar-refractivity contribution in [3.8, 4) is 12.3 Å². The third kappa shape index (κ3) is 4.61. The van der Waals surface area contributed by atoms with Gasteiger partial charge in [0.15, 0.2) is 20.3 Å². The molecular formula is C29H23O2S+. The number of benzene rings is 4. The Kier molecular flexibility index (Phi) is 6.44. The van der Waals surface area contributed by atoms with E-state index in [1.165, 1.54) is 9.79 Å². The highest BCUT2D eigenvalue weighted by molar-refractivity contribution is 7.97. The normalized spacial score (nSPS) is 12.5. The van der Waals surface area contributed by atoms with Crippen molar-refractivity contribution in [1.82, 2.24) is 0 Å². The van der Waals surface area contributed by atoms with Crippen LogP contribution in [0, 0.1) is 12.3 Å². The van der Waals surface area contributed by atoms with Gasteiger partial charge in [-0.3, -0.25) is 0 Å². The van der Waals surface area contributed by atoms with Gasteiger partial charge in [-0.2, -0.15) is 0 Å². The second-order valence-corrected chi connectivity index (χ2v) is 9.42. The van der Waals surface area contributed by atoms with Gasteiger partial charge >= 0.3 is 5.97 Å². The van der Waals surface area contributed by atoms with E-state index in [9.17, 15) is 4.79 Å².